The van der Waals surface area contributed by atoms with Gasteiger partial charge < -0.3 is 0 Å². The molecule has 1 amide bonds. The summed E-state index contributed by atoms with van der Waals surface area (Å²) in [6.45, 7) is 10.3. The van der Waals surface area contributed by atoms with E-state index in [0.29, 0.717) is 0 Å². The monoisotopic (exact) mass is 215 g/mol. The molecule has 0 bridgehead atoms. The lowest BCUT2D eigenvalue weighted by Gasteiger charge is -2.32. The molecule has 4 nitrogen and oxygen atoms in total. The maximum absolute atomic E-state index is 11.7. The number of hydrogen-bond acceptors (Lipinski definition) is 3. The number of carbonyl (C=O) groups excluding carboxylic acids is 1. The summed E-state index contributed by atoms with van der Waals surface area (Å²) < 4.78 is 0. The molecule has 0 aliphatic rings. The summed E-state index contributed by atoms with van der Waals surface area (Å²) in [6.07, 6.45) is 2.11. The van der Waals surface area contributed by atoms with E-state index in [1.165, 1.54) is 0 Å². The third-order valence-electron chi connectivity index (χ3n) is 2.46. The van der Waals surface area contributed by atoms with Gasteiger partial charge in [0.25, 0.3) is 5.91 Å². The van der Waals surface area contributed by atoms with E-state index in [-0.39, 0.29) is 17.9 Å². The van der Waals surface area contributed by atoms with Gasteiger partial charge in [0.1, 0.15) is 0 Å². The molecule has 3 N–H and O–H groups in total. The summed E-state index contributed by atoms with van der Waals surface area (Å²) in [5.74, 6) is 5.42. The smallest absolute Gasteiger partial charge is 0.251 e. The Bertz CT molecular complexity index is 177. The van der Waals surface area contributed by atoms with Crippen LogP contribution >= 0.6 is 0 Å². The highest BCUT2D eigenvalue weighted by Crippen LogP contribution is 2.12. The van der Waals surface area contributed by atoms with Crippen molar-refractivity contribution in [3.63, 3.8) is 0 Å². The zero-order valence-electron chi connectivity index (χ0n) is 10.4. The van der Waals surface area contributed by atoms with Gasteiger partial charge in [-0.25, -0.2) is 5.84 Å². The van der Waals surface area contributed by atoms with Gasteiger partial charge in [-0.15, -0.1) is 0 Å². The quantitative estimate of drug-likeness (QED) is 0.380. The fourth-order valence-corrected chi connectivity index (χ4v) is 1.94. The van der Waals surface area contributed by atoms with Crippen molar-refractivity contribution in [3.05, 3.63) is 0 Å². The van der Waals surface area contributed by atoms with Crippen LogP contribution in [0.1, 0.15) is 40.5 Å². The minimum Gasteiger partial charge on any atom is -0.293 e. The van der Waals surface area contributed by atoms with Crippen LogP contribution in [0.3, 0.4) is 0 Å². The second-order valence-electron chi connectivity index (χ2n) is 4.23. The fraction of sp³-hybridized carbons (Fsp3) is 0.909. The normalized spacial score (nSPS) is 13.3. The van der Waals surface area contributed by atoms with Crippen LogP contribution in [0.2, 0.25) is 0 Å². The Balaban J connectivity index is 4.58. The predicted octanol–water partition coefficient (Wildman–Crippen LogP) is 1.12. The fourth-order valence-electron chi connectivity index (χ4n) is 1.94. The maximum Gasteiger partial charge on any atom is 0.251 e. The van der Waals surface area contributed by atoms with Crippen molar-refractivity contribution in [1.82, 2.24) is 10.3 Å². The standard InChI is InChI=1S/C11H25N3O/c1-5-7-14(8-6-2)10(9(3)4)11(15)13-12/h9-10H,5-8,12H2,1-4H3,(H,13,15). The number of rotatable bonds is 7. The molecule has 0 saturated heterocycles. The van der Waals surface area contributed by atoms with E-state index in [1.54, 1.807) is 0 Å². The first-order valence-electron chi connectivity index (χ1n) is 5.82. The minimum absolute atomic E-state index is 0.0769. The first kappa shape index (κ1) is 14.4. The van der Waals surface area contributed by atoms with Crippen LogP contribution in [0.5, 0.6) is 0 Å². The zero-order valence-corrected chi connectivity index (χ0v) is 10.4. The van der Waals surface area contributed by atoms with Crippen LogP contribution in [0.15, 0.2) is 0 Å². The van der Waals surface area contributed by atoms with Crippen molar-refractivity contribution in [2.45, 2.75) is 46.6 Å². The first-order valence-corrected chi connectivity index (χ1v) is 5.82. The topological polar surface area (TPSA) is 58.4 Å². The molecule has 15 heavy (non-hydrogen) atoms. The molecule has 0 aliphatic carbocycles. The Labute approximate surface area is 93.2 Å². The molecule has 0 aromatic carbocycles. The van der Waals surface area contributed by atoms with Crippen LogP contribution in [0.25, 0.3) is 0 Å². The van der Waals surface area contributed by atoms with Crippen LogP contribution in [-0.4, -0.2) is 29.9 Å². The lowest BCUT2D eigenvalue weighted by Crippen LogP contribution is -2.52. The molecule has 0 radical (unpaired) electrons. The second kappa shape index (κ2) is 7.65. The highest BCUT2D eigenvalue weighted by molar-refractivity contribution is 5.81. The largest absolute Gasteiger partial charge is 0.293 e. The van der Waals surface area contributed by atoms with E-state index in [0.717, 1.165) is 25.9 Å². The van der Waals surface area contributed by atoms with Gasteiger partial charge in [-0.1, -0.05) is 27.7 Å². The molecule has 0 rings (SSSR count). The molecule has 90 valence electrons. The predicted molar refractivity (Wildman–Crippen MR) is 63.1 cm³/mol. The highest BCUT2D eigenvalue weighted by Gasteiger charge is 2.27. The molecule has 1 atom stereocenters. The average molecular weight is 215 g/mol. The Kier molecular flexibility index (Phi) is 7.34. The molecule has 0 aliphatic heterocycles. The molecule has 0 spiro atoms. The first-order chi connectivity index (χ1) is 7.08. The summed E-state index contributed by atoms with van der Waals surface area (Å²) in [6, 6.07) is -0.102. The second-order valence-corrected chi connectivity index (χ2v) is 4.23. The van der Waals surface area contributed by atoms with Gasteiger partial charge in [0.2, 0.25) is 0 Å². The molecule has 1 unspecified atom stereocenters. The van der Waals surface area contributed by atoms with Crippen LogP contribution < -0.4 is 11.3 Å². The van der Waals surface area contributed by atoms with Gasteiger partial charge in [-0.2, -0.15) is 0 Å². The molecule has 0 aromatic rings. The van der Waals surface area contributed by atoms with Gasteiger partial charge in [0.05, 0.1) is 6.04 Å². The van der Waals surface area contributed by atoms with Crippen molar-refractivity contribution in [2.75, 3.05) is 13.1 Å². The van der Waals surface area contributed by atoms with Crippen molar-refractivity contribution in [1.29, 1.82) is 0 Å². The van der Waals surface area contributed by atoms with E-state index in [1.807, 2.05) is 0 Å². The summed E-state index contributed by atoms with van der Waals surface area (Å²) in [7, 11) is 0. The van der Waals surface area contributed by atoms with E-state index in [2.05, 4.69) is 38.0 Å². The Morgan fingerprint density at radius 3 is 2.00 bits per heavy atom. The van der Waals surface area contributed by atoms with Crippen LogP contribution in [0, 0.1) is 5.92 Å². The molecule has 4 heteroatoms. The summed E-state index contributed by atoms with van der Waals surface area (Å²) in [5, 5.41) is 0. The average Bonchev–Trinajstić information content (AvgIpc) is 2.18. The van der Waals surface area contributed by atoms with Crippen molar-refractivity contribution in [2.24, 2.45) is 11.8 Å². The number of amides is 1. The van der Waals surface area contributed by atoms with Gasteiger partial charge in [-0.05, 0) is 31.8 Å². The number of nitrogens with two attached hydrogens (primary N) is 1. The Hall–Kier alpha value is -0.610. The van der Waals surface area contributed by atoms with Crippen molar-refractivity contribution >= 4 is 5.91 Å². The molecule has 0 aromatic heterocycles. The SMILES string of the molecule is CCCN(CCC)C(C(=O)NN)C(C)C. The van der Waals surface area contributed by atoms with Crippen molar-refractivity contribution in [3.8, 4) is 0 Å². The maximum atomic E-state index is 11.7. The summed E-state index contributed by atoms with van der Waals surface area (Å²) >= 11 is 0. The van der Waals surface area contributed by atoms with Crippen molar-refractivity contribution < 1.29 is 4.79 Å². The lowest BCUT2D eigenvalue weighted by atomic mass is 10.0. The lowest BCUT2D eigenvalue weighted by molar-refractivity contribution is -0.128. The van der Waals surface area contributed by atoms with Crippen LogP contribution in [0.4, 0.5) is 0 Å². The molecule has 0 saturated carbocycles. The van der Waals surface area contributed by atoms with Gasteiger partial charge in [0, 0.05) is 0 Å². The summed E-state index contributed by atoms with van der Waals surface area (Å²) in [4.78, 5) is 13.9. The third kappa shape index (κ3) is 4.62. The highest BCUT2D eigenvalue weighted by atomic mass is 16.2. The zero-order chi connectivity index (χ0) is 11.8. The van der Waals surface area contributed by atoms with Gasteiger partial charge in [-0.3, -0.25) is 15.1 Å². The van der Waals surface area contributed by atoms with Crippen LogP contribution in [-0.2, 0) is 4.79 Å². The number of hydrazine groups is 1. The molecule has 0 fully saturated rings. The number of nitrogens with zero attached hydrogens (tertiary/aromatic N) is 1. The molecule has 0 heterocycles. The Morgan fingerprint density at radius 2 is 1.73 bits per heavy atom. The third-order valence-corrected chi connectivity index (χ3v) is 2.46. The van der Waals surface area contributed by atoms with E-state index >= 15 is 0 Å². The summed E-state index contributed by atoms with van der Waals surface area (Å²) in [5.41, 5.74) is 2.26. The van der Waals surface area contributed by atoms with E-state index in [4.69, 9.17) is 5.84 Å². The number of carbonyl (C=O) groups is 1. The number of hydrogen-bond donors (Lipinski definition) is 2. The van der Waals surface area contributed by atoms with E-state index in [9.17, 15) is 4.79 Å². The van der Waals surface area contributed by atoms with Gasteiger partial charge in [0.15, 0.2) is 0 Å². The van der Waals surface area contributed by atoms with Gasteiger partial charge >= 0.3 is 0 Å². The Morgan fingerprint density at radius 1 is 1.27 bits per heavy atom. The minimum atomic E-state index is -0.102. The molecular formula is C11H25N3O. The van der Waals surface area contributed by atoms with E-state index < -0.39 is 0 Å². The molecular weight excluding hydrogens is 190 g/mol. The number of nitrogens with one attached hydrogen (secondary N) is 1.